The van der Waals surface area contributed by atoms with E-state index in [0.29, 0.717) is 0 Å². The van der Waals surface area contributed by atoms with Gasteiger partial charge in [0, 0.05) is 6.42 Å². The molecule has 0 radical (unpaired) electrons. The van der Waals surface area contributed by atoms with Crippen molar-refractivity contribution in [3.05, 3.63) is 12.2 Å². The Kier molecular flexibility index (Phi) is 12.8. The molecule has 1 aliphatic heterocycles. The van der Waals surface area contributed by atoms with Crippen LogP contribution >= 0.6 is 0 Å². The lowest BCUT2D eigenvalue weighted by Crippen LogP contribution is -2.58. The van der Waals surface area contributed by atoms with Gasteiger partial charge in [0.1, 0.15) is 24.4 Å². The lowest BCUT2D eigenvalue weighted by atomic mass is 9.92. The topological polar surface area (TPSA) is 107 Å². The minimum absolute atomic E-state index is 0.0876. The van der Waals surface area contributed by atoms with Gasteiger partial charge >= 0.3 is 0 Å². The molecule has 1 saturated heterocycles. The van der Waals surface area contributed by atoms with E-state index in [1.54, 1.807) is 0 Å². The van der Waals surface area contributed by atoms with Crippen LogP contribution in [0.4, 0.5) is 0 Å². The van der Waals surface area contributed by atoms with Crippen LogP contribution in [-0.2, 0) is 9.53 Å². The Hall–Kier alpha value is -0.790. The van der Waals surface area contributed by atoms with Gasteiger partial charge in [0.2, 0.25) is 0 Å². The molecule has 4 N–H and O–H groups in total. The second-order valence-electron chi connectivity index (χ2n) is 7.56. The number of unbranched alkanes of at least 4 members (excludes halogenated alkanes) is 9. The van der Waals surface area contributed by atoms with Crippen molar-refractivity contribution >= 4 is 5.78 Å². The summed E-state index contributed by atoms with van der Waals surface area (Å²) in [5.74, 6) is -0.199. The van der Waals surface area contributed by atoms with E-state index in [2.05, 4.69) is 6.92 Å². The third-order valence-corrected chi connectivity index (χ3v) is 5.17. The normalized spacial score (nSPS) is 28.7. The van der Waals surface area contributed by atoms with Crippen LogP contribution < -0.4 is 0 Å². The van der Waals surface area contributed by atoms with E-state index >= 15 is 0 Å². The molecular formula is C21H38O6. The summed E-state index contributed by atoms with van der Waals surface area (Å²) in [6.45, 7) is 1.74. The molecule has 0 aromatic heterocycles. The Labute approximate surface area is 163 Å². The minimum Gasteiger partial charge on any atom is -0.394 e. The van der Waals surface area contributed by atoms with Crippen LogP contribution in [0, 0.1) is 0 Å². The van der Waals surface area contributed by atoms with Gasteiger partial charge in [-0.3, -0.25) is 4.79 Å². The Morgan fingerprint density at radius 1 is 0.852 bits per heavy atom. The van der Waals surface area contributed by atoms with Crippen molar-refractivity contribution in [2.75, 3.05) is 6.61 Å². The van der Waals surface area contributed by atoms with Crippen molar-refractivity contribution in [1.82, 2.24) is 0 Å². The third kappa shape index (κ3) is 9.30. The molecule has 0 bridgehead atoms. The highest BCUT2D eigenvalue weighted by Crippen LogP contribution is 2.23. The summed E-state index contributed by atoms with van der Waals surface area (Å²) in [6.07, 6.45) is 9.37. The molecule has 27 heavy (non-hydrogen) atoms. The van der Waals surface area contributed by atoms with E-state index in [4.69, 9.17) is 9.84 Å². The van der Waals surface area contributed by atoms with Crippen LogP contribution in [0.3, 0.4) is 0 Å². The van der Waals surface area contributed by atoms with Gasteiger partial charge < -0.3 is 25.2 Å². The molecule has 0 amide bonds. The first-order chi connectivity index (χ1) is 13.0. The quantitative estimate of drug-likeness (QED) is 0.269. The van der Waals surface area contributed by atoms with E-state index in [9.17, 15) is 20.1 Å². The Morgan fingerprint density at radius 3 is 2.00 bits per heavy atom. The van der Waals surface area contributed by atoms with Crippen LogP contribution in [0.2, 0.25) is 0 Å². The lowest BCUT2D eigenvalue weighted by molar-refractivity contribution is -0.229. The first-order valence-electron chi connectivity index (χ1n) is 10.5. The molecule has 6 nitrogen and oxygen atoms in total. The summed E-state index contributed by atoms with van der Waals surface area (Å²) in [6, 6.07) is 0. The largest absolute Gasteiger partial charge is 0.394 e. The smallest absolute Gasteiger partial charge is 0.158 e. The molecule has 0 aromatic carbocycles. The molecule has 1 heterocycles. The van der Waals surface area contributed by atoms with E-state index in [1.165, 1.54) is 57.4 Å². The molecule has 6 heteroatoms. The number of allylic oxidation sites excluding steroid dienone is 2. The van der Waals surface area contributed by atoms with Gasteiger partial charge in [-0.05, 0) is 18.9 Å². The molecular weight excluding hydrogens is 348 g/mol. The van der Waals surface area contributed by atoms with Crippen molar-refractivity contribution in [1.29, 1.82) is 0 Å². The van der Waals surface area contributed by atoms with E-state index in [1.807, 2.05) is 6.08 Å². The number of hydrogen-bond donors (Lipinski definition) is 4. The molecule has 1 aliphatic rings. The number of carbonyl (C=O) groups excluding carboxylic acids is 1. The zero-order valence-corrected chi connectivity index (χ0v) is 16.6. The van der Waals surface area contributed by atoms with Gasteiger partial charge in [-0.15, -0.1) is 0 Å². The number of carbonyl (C=O) groups is 1. The molecule has 1 fully saturated rings. The molecule has 1 rings (SSSR count). The lowest BCUT2D eigenvalue weighted by Gasteiger charge is -2.39. The average molecular weight is 387 g/mol. The summed E-state index contributed by atoms with van der Waals surface area (Å²) in [5, 5.41) is 38.6. The van der Waals surface area contributed by atoms with Gasteiger partial charge in [-0.1, -0.05) is 64.4 Å². The van der Waals surface area contributed by atoms with Crippen LogP contribution in [0.15, 0.2) is 12.2 Å². The highest BCUT2D eigenvalue weighted by Gasteiger charge is 2.43. The van der Waals surface area contributed by atoms with Crippen molar-refractivity contribution < 1.29 is 30.0 Å². The van der Waals surface area contributed by atoms with E-state index in [-0.39, 0.29) is 12.2 Å². The molecule has 158 valence electrons. The van der Waals surface area contributed by atoms with Gasteiger partial charge in [0.25, 0.3) is 0 Å². The fraction of sp³-hybridized carbons (Fsp3) is 0.857. The number of rotatable bonds is 14. The Bertz CT molecular complexity index is 423. The fourth-order valence-electron chi connectivity index (χ4n) is 3.40. The maximum Gasteiger partial charge on any atom is 0.158 e. The second kappa shape index (κ2) is 14.2. The van der Waals surface area contributed by atoms with Crippen molar-refractivity contribution in [3.63, 3.8) is 0 Å². The number of hydrogen-bond acceptors (Lipinski definition) is 6. The van der Waals surface area contributed by atoms with E-state index < -0.39 is 37.1 Å². The zero-order valence-electron chi connectivity index (χ0n) is 16.6. The predicted molar refractivity (Wildman–Crippen MR) is 104 cm³/mol. The van der Waals surface area contributed by atoms with Crippen molar-refractivity contribution in [3.8, 4) is 0 Å². The van der Waals surface area contributed by atoms with Crippen LogP contribution in [0.1, 0.15) is 77.6 Å². The van der Waals surface area contributed by atoms with Crippen molar-refractivity contribution in [2.45, 2.75) is 108 Å². The second-order valence-corrected chi connectivity index (χ2v) is 7.56. The maximum absolute atomic E-state index is 12.0. The molecule has 0 aliphatic carbocycles. The first-order valence-corrected chi connectivity index (χ1v) is 10.5. The van der Waals surface area contributed by atoms with Crippen LogP contribution in [0.25, 0.3) is 0 Å². The highest BCUT2D eigenvalue weighted by atomic mass is 16.5. The van der Waals surface area contributed by atoms with Gasteiger partial charge in [-0.25, -0.2) is 0 Å². The fourth-order valence-corrected chi connectivity index (χ4v) is 3.40. The van der Waals surface area contributed by atoms with Crippen LogP contribution in [0.5, 0.6) is 0 Å². The van der Waals surface area contributed by atoms with Gasteiger partial charge in [-0.2, -0.15) is 0 Å². The van der Waals surface area contributed by atoms with Crippen molar-refractivity contribution in [2.24, 2.45) is 0 Å². The summed E-state index contributed by atoms with van der Waals surface area (Å²) in [7, 11) is 0. The van der Waals surface area contributed by atoms with Gasteiger partial charge in [0.15, 0.2) is 5.78 Å². The number of ketones is 1. The zero-order chi connectivity index (χ0) is 20.1. The summed E-state index contributed by atoms with van der Waals surface area (Å²) >= 11 is 0. The summed E-state index contributed by atoms with van der Waals surface area (Å²) in [5.41, 5.74) is 0. The Balaban J connectivity index is 2.15. The van der Waals surface area contributed by atoms with Gasteiger partial charge in [0.05, 0.1) is 12.7 Å². The third-order valence-electron chi connectivity index (χ3n) is 5.17. The Morgan fingerprint density at radius 2 is 1.41 bits per heavy atom. The highest BCUT2D eigenvalue weighted by molar-refractivity contribution is 5.90. The summed E-state index contributed by atoms with van der Waals surface area (Å²) < 4.78 is 5.34. The SMILES string of the molecule is CCCCCCCCCCC/C=C/C(=O)C[C@@H]1OC(CO)[C@@H](O)[C@H](O)C1O. The summed E-state index contributed by atoms with van der Waals surface area (Å²) in [4.78, 5) is 12.0. The monoisotopic (exact) mass is 386 g/mol. The minimum atomic E-state index is -1.43. The van der Waals surface area contributed by atoms with Crippen LogP contribution in [-0.4, -0.2) is 63.3 Å². The predicted octanol–water partition coefficient (Wildman–Crippen LogP) is 2.27. The average Bonchev–Trinajstić information content (AvgIpc) is 2.66. The number of aliphatic hydroxyl groups is 4. The number of ether oxygens (including phenoxy) is 1. The molecule has 5 atom stereocenters. The molecule has 0 saturated carbocycles. The molecule has 2 unspecified atom stereocenters. The molecule has 0 spiro atoms. The standard InChI is InChI=1S/C21H38O6/c1-2-3-4-5-6-7-8-9-10-11-12-13-16(23)14-17-19(24)21(26)20(25)18(15-22)27-17/h12-13,17-22,24-26H,2-11,14-15H2,1H3/b13-12+/t17-,18?,19?,20+,21+/m0/s1. The number of aliphatic hydroxyl groups excluding tert-OH is 4. The molecule has 0 aromatic rings. The van der Waals surface area contributed by atoms with E-state index in [0.717, 1.165) is 12.8 Å². The maximum atomic E-state index is 12.0. The first kappa shape index (κ1) is 24.2.